The third kappa shape index (κ3) is 5.89. The van der Waals surface area contributed by atoms with Gasteiger partial charge in [0.2, 0.25) is 0 Å². The van der Waals surface area contributed by atoms with Crippen LogP contribution >= 0.6 is 11.6 Å². The molecule has 2 fully saturated rings. The molecule has 4 rings (SSSR count). The molecule has 2 saturated heterocycles. The van der Waals surface area contributed by atoms with Crippen molar-refractivity contribution in [1.29, 1.82) is 0 Å². The maximum Gasteiger partial charge on any atom is 0.302 e. The number of halogens is 1. The van der Waals surface area contributed by atoms with Gasteiger partial charge in [-0.1, -0.05) is 35.9 Å². The summed E-state index contributed by atoms with van der Waals surface area (Å²) in [5, 5.41) is 31.7. The van der Waals surface area contributed by atoms with Crippen LogP contribution in [0.4, 0.5) is 0 Å². The van der Waals surface area contributed by atoms with Crippen molar-refractivity contribution in [3.05, 3.63) is 64.2 Å². The summed E-state index contributed by atoms with van der Waals surface area (Å²) < 4.78 is 22.0. The highest BCUT2D eigenvalue weighted by Gasteiger charge is 2.44. The van der Waals surface area contributed by atoms with Gasteiger partial charge >= 0.3 is 5.97 Å². The topological polar surface area (TPSA) is 115 Å². The van der Waals surface area contributed by atoms with Gasteiger partial charge in [-0.05, 0) is 41.3 Å². The van der Waals surface area contributed by atoms with Crippen LogP contribution in [-0.2, 0) is 25.4 Å². The van der Waals surface area contributed by atoms with Gasteiger partial charge < -0.3 is 34.3 Å². The van der Waals surface area contributed by atoms with Crippen molar-refractivity contribution in [2.45, 2.75) is 56.4 Å². The molecule has 2 aliphatic heterocycles. The van der Waals surface area contributed by atoms with Gasteiger partial charge in [-0.3, -0.25) is 4.79 Å². The Morgan fingerprint density at radius 2 is 1.85 bits per heavy atom. The van der Waals surface area contributed by atoms with Gasteiger partial charge in [-0.25, -0.2) is 0 Å². The molecule has 0 unspecified atom stereocenters. The number of carbonyl (C=O) groups is 1. The number of hydrogen-bond donors (Lipinski definition) is 3. The zero-order valence-electron chi connectivity index (χ0n) is 18.8. The predicted molar refractivity (Wildman–Crippen MR) is 123 cm³/mol. The fraction of sp³-hybridized carbons (Fsp3) is 0.480. The van der Waals surface area contributed by atoms with Crippen molar-refractivity contribution in [2.24, 2.45) is 0 Å². The number of rotatable bonds is 7. The SMILES string of the molecule is CC(=O)OC[C@H]1O[C@@H](c2ccc(Cl)c(Cc3ccc(O[C@H]4CCOC4)cc3)c2)[C@H](O)[C@@H](O)[C@@H]1O. The Labute approximate surface area is 203 Å². The second kappa shape index (κ2) is 11.0. The minimum Gasteiger partial charge on any atom is -0.488 e. The largest absolute Gasteiger partial charge is 0.488 e. The lowest BCUT2D eigenvalue weighted by molar-refractivity contribution is -0.234. The molecule has 0 aromatic heterocycles. The molecule has 0 bridgehead atoms. The Kier molecular flexibility index (Phi) is 8.08. The van der Waals surface area contributed by atoms with Crippen LogP contribution in [-0.4, -0.2) is 71.6 Å². The summed E-state index contributed by atoms with van der Waals surface area (Å²) in [5.41, 5.74) is 2.42. The van der Waals surface area contributed by atoms with Crippen LogP contribution in [0, 0.1) is 0 Å². The van der Waals surface area contributed by atoms with Crippen molar-refractivity contribution in [3.63, 3.8) is 0 Å². The van der Waals surface area contributed by atoms with Gasteiger partial charge in [0.15, 0.2) is 0 Å². The summed E-state index contributed by atoms with van der Waals surface area (Å²) in [5.74, 6) is 0.249. The van der Waals surface area contributed by atoms with Crippen molar-refractivity contribution in [2.75, 3.05) is 19.8 Å². The molecule has 2 aliphatic rings. The minimum atomic E-state index is -1.46. The number of ether oxygens (including phenoxy) is 4. The Bertz CT molecular complexity index is 975. The zero-order chi connectivity index (χ0) is 24.2. The standard InChI is InChI=1S/C25H29ClO8/c1-14(27)32-13-21-22(28)23(29)24(30)25(34-21)16-4-7-20(26)17(11-16)10-15-2-5-18(6-3-15)33-19-8-9-31-12-19/h2-7,11,19,21-25,28-30H,8-10,12-13H2,1H3/t19-,21+,22+,23-,24+,25-/m0/s1. The molecule has 0 amide bonds. The molecular weight excluding hydrogens is 464 g/mol. The molecule has 8 nitrogen and oxygen atoms in total. The molecule has 6 atom stereocenters. The number of carbonyl (C=O) groups excluding carboxylic acids is 1. The first-order valence-electron chi connectivity index (χ1n) is 11.3. The van der Waals surface area contributed by atoms with E-state index in [0.29, 0.717) is 23.6 Å². The first kappa shape index (κ1) is 24.9. The molecular formula is C25H29ClO8. The van der Waals surface area contributed by atoms with Crippen LogP contribution in [0.1, 0.15) is 36.1 Å². The molecule has 0 aliphatic carbocycles. The van der Waals surface area contributed by atoms with E-state index in [0.717, 1.165) is 29.9 Å². The van der Waals surface area contributed by atoms with E-state index in [1.807, 2.05) is 30.3 Å². The quantitative estimate of drug-likeness (QED) is 0.504. The molecule has 2 aromatic carbocycles. The first-order chi connectivity index (χ1) is 16.3. The van der Waals surface area contributed by atoms with E-state index in [9.17, 15) is 20.1 Å². The van der Waals surface area contributed by atoms with Crippen LogP contribution in [0.5, 0.6) is 5.75 Å². The fourth-order valence-corrected chi connectivity index (χ4v) is 4.36. The molecule has 0 saturated carbocycles. The highest BCUT2D eigenvalue weighted by molar-refractivity contribution is 6.31. The third-order valence-electron chi connectivity index (χ3n) is 6.07. The Morgan fingerprint density at radius 1 is 1.09 bits per heavy atom. The van der Waals surface area contributed by atoms with E-state index >= 15 is 0 Å². The van der Waals surface area contributed by atoms with Crippen LogP contribution in [0.15, 0.2) is 42.5 Å². The van der Waals surface area contributed by atoms with Gasteiger partial charge in [0.1, 0.15) is 49.0 Å². The van der Waals surface area contributed by atoms with E-state index in [-0.39, 0.29) is 12.7 Å². The summed E-state index contributed by atoms with van der Waals surface area (Å²) in [6, 6.07) is 13.0. The van der Waals surface area contributed by atoms with Gasteiger partial charge in [0, 0.05) is 18.4 Å². The van der Waals surface area contributed by atoms with Gasteiger partial charge in [-0.2, -0.15) is 0 Å². The lowest BCUT2D eigenvalue weighted by atomic mass is 9.90. The number of benzene rings is 2. The van der Waals surface area contributed by atoms with E-state index in [1.54, 1.807) is 12.1 Å². The monoisotopic (exact) mass is 492 g/mol. The molecule has 2 aromatic rings. The highest BCUT2D eigenvalue weighted by Crippen LogP contribution is 2.34. The first-order valence-corrected chi connectivity index (χ1v) is 11.6. The zero-order valence-corrected chi connectivity index (χ0v) is 19.6. The number of aliphatic hydroxyl groups excluding tert-OH is 3. The highest BCUT2D eigenvalue weighted by atomic mass is 35.5. The maximum atomic E-state index is 11.2. The van der Waals surface area contributed by atoms with Gasteiger partial charge in [0.25, 0.3) is 0 Å². The Morgan fingerprint density at radius 3 is 2.53 bits per heavy atom. The average Bonchev–Trinajstić information content (AvgIpc) is 3.33. The van der Waals surface area contributed by atoms with Crippen LogP contribution in [0.25, 0.3) is 0 Å². The molecule has 34 heavy (non-hydrogen) atoms. The third-order valence-corrected chi connectivity index (χ3v) is 6.44. The molecule has 9 heteroatoms. The summed E-state index contributed by atoms with van der Waals surface area (Å²) in [7, 11) is 0. The molecule has 3 N–H and O–H groups in total. The molecule has 2 heterocycles. The van der Waals surface area contributed by atoms with Gasteiger partial charge in [-0.15, -0.1) is 0 Å². The van der Waals surface area contributed by atoms with E-state index in [1.165, 1.54) is 6.92 Å². The second-order valence-electron chi connectivity index (χ2n) is 8.64. The van der Waals surface area contributed by atoms with Crippen LogP contribution < -0.4 is 4.74 Å². The lowest BCUT2D eigenvalue weighted by Gasteiger charge is -2.40. The Balaban J connectivity index is 1.48. The lowest BCUT2D eigenvalue weighted by Crippen LogP contribution is -2.55. The molecule has 184 valence electrons. The normalized spacial score (nSPS) is 29.1. The number of esters is 1. The second-order valence-corrected chi connectivity index (χ2v) is 9.05. The Hall–Kier alpha value is -2.20. The summed E-state index contributed by atoms with van der Waals surface area (Å²) in [6.07, 6.45) is -4.64. The van der Waals surface area contributed by atoms with Gasteiger partial charge in [0.05, 0.1) is 13.2 Å². The van der Waals surface area contributed by atoms with E-state index in [2.05, 4.69) is 0 Å². The van der Waals surface area contributed by atoms with E-state index < -0.39 is 36.5 Å². The number of aliphatic hydroxyl groups is 3. The predicted octanol–water partition coefficient (Wildman–Crippen LogP) is 2.18. The maximum absolute atomic E-state index is 11.2. The number of hydrogen-bond acceptors (Lipinski definition) is 8. The smallest absolute Gasteiger partial charge is 0.302 e. The van der Waals surface area contributed by atoms with E-state index in [4.69, 9.17) is 30.5 Å². The van der Waals surface area contributed by atoms with Crippen molar-refractivity contribution in [3.8, 4) is 5.75 Å². The molecule has 0 spiro atoms. The molecule has 0 radical (unpaired) electrons. The fourth-order valence-electron chi connectivity index (χ4n) is 4.17. The average molecular weight is 493 g/mol. The summed E-state index contributed by atoms with van der Waals surface area (Å²) in [6.45, 7) is 2.33. The van der Waals surface area contributed by atoms with Crippen molar-refractivity contribution < 1.29 is 39.1 Å². The van der Waals surface area contributed by atoms with Crippen LogP contribution in [0.2, 0.25) is 5.02 Å². The van der Waals surface area contributed by atoms with Crippen molar-refractivity contribution in [1.82, 2.24) is 0 Å². The van der Waals surface area contributed by atoms with Crippen LogP contribution in [0.3, 0.4) is 0 Å². The minimum absolute atomic E-state index is 0.0810. The summed E-state index contributed by atoms with van der Waals surface area (Å²) >= 11 is 6.44. The van der Waals surface area contributed by atoms with Crippen molar-refractivity contribution >= 4 is 17.6 Å². The summed E-state index contributed by atoms with van der Waals surface area (Å²) in [4.78, 5) is 11.2.